The molecule has 0 unspecified atom stereocenters. The van der Waals surface area contributed by atoms with E-state index in [0.717, 1.165) is 11.1 Å². The standard InChI is InChI=1S/C13H16ClNO/c1-10(2)9-15(3)13(16)12-6-4-5-11(7-12)8-14/h4-7H,1,8-9H2,2-3H3. The summed E-state index contributed by atoms with van der Waals surface area (Å²) in [7, 11) is 1.77. The summed E-state index contributed by atoms with van der Waals surface area (Å²) in [6.07, 6.45) is 0. The Morgan fingerprint density at radius 2 is 2.19 bits per heavy atom. The molecule has 0 bridgehead atoms. The van der Waals surface area contributed by atoms with E-state index in [9.17, 15) is 4.79 Å². The Kier molecular flexibility index (Phi) is 4.56. The molecule has 0 saturated carbocycles. The number of nitrogens with zero attached hydrogens (tertiary/aromatic N) is 1. The van der Waals surface area contributed by atoms with E-state index >= 15 is 0 Å². The van der Waals surface area contributed by atoms with Crippen molar-refractivity contribution in [2.45, 2.75) is 12.8 Å². The van der Waals surface area contributed by atoms with E-state index in [1.165, 1.54) is 0 Å². The van der Waals surface area contributed by atoms with Crippen molar-refractivity contribution in [3.63, 3.8) is 0 Å². The maximum absolute atomic E-state index is 12.0. The van der Waals surface area contributed by atoms with Crippen molar-refractivity contribution in [3.05, 3.63) is 47.5 Å². The Hall–Kier alpha value is -1.28. The third-order valence-corrected chi connectivity index (χ3v) is 2.49. The number of likely N-dealkylation sites (N-methyl/N-ethyl adjacent to an activating group) is 1. The quantitative estimate of drug-likeness (QED) is 0.582. The van der Waals surface area contributed by atoms with Gasteiger partial charge in [0.15, 0.2) is 0 Å². The minimum absolute atomic E-state index is 0.00466. The fraction of sp³-hybridized carbons (Fsp3) is 0.308. The number of alkyl halides is 1. The van der Waals surface area contributed by atoms with Crippen LogP contribution in [-0.2, 0) is 5.88 Å². The Labute approximate surface area is 102 Å². The third-order valence-electron chi connectivity index (χ3n) is 2.18. The molecule has 16 heavy (non-hydrogen) atoms. The van der Waals surface area contributed by atoms with Crippen molar-refractivity contribution in [3.8, 4) is 0 Å². The first-order chi connectivity index (χ1) is 7.54. The highest BCUT2D eigenvalue weighted by Crippen LogP contribution is 2.10. The van der Waals surface area contributed by atoms with Gasteiger partial charge >= 0.3 is 0 Å². The van der Waals surface area contributed by atoms with E-state index in [0.29, 0.717) is 18.0 Å². The molecular formula is C13H16ClNO. The zero-order chi connectivity index (χ0) is 12.1. The van der Waals surface area contributed by atoms with Gasteiger partial charge in [0.1, 0.15) is 0 Å². The highest BCUT2D eigenvalue weighted by atomic mass is 35.5. The second-order valence-corrected chi connectivity index (χ2v) is 4.22. The molecule has 0 N–H and O–H groups in total. The number of carbonyl (C=O) groups excluding carboxylic acids is 1. The van der Waals surface area contributed by atoms with Crippen molar-refractivity contribution in [2.24, 2.45) is 0 Å². The number of hydrogen-bond acceptors (Lipinski definition) is 1. The molecule has 0 heterocycles. The van der Waals surface area contributed by atoms with Crippen LogP contribution in [0.4, 0.5) is 0 Å². The summed E-state index contributed by atoms with van der Waals surface area (Å²) in [6, 6.07) is 7.37. The molecule has 2 nitrogen and oxygen atoms in total. The van der Waals surface area contributed by atoms with Crippen molar-refractivity contribution in [1.82, 2.24) is 4.90 Å². The average molecular weight is 238 g/mol. The summed E-state index contributed by atoms with van der Waals surface area (Å²) >= 11 is 5.73. The minimum Gasteiger partial charge on any atom is -0.338 e. The minimum atomic E-state index is -0.00466. The van der Waals surface area contributed by atoms with E-state index in [1.807, 2.05) is 25.1 Å². The SMILES string of the molecule is C=C(C)CN(C)C(=O)c1cccc(CCl)c1. The largest absolute Gasteiger partial charge is 0.338 e. The average Bonchev–Trinajstić information content (AvgIpc) is 2.27. The normalized spacial score (nSPS) is 9.94. The molecule has 0 radical (unpaired) electrons. The smallest absolute Gasteiger partial charge is 0.253 e. The van der Waals surface area contributed by atoms with Crippen molar-refractivity contribution < 1.29 is 4.79 Å². The van der Waals surface area contributed by atoms with Gasteiger partial charge in [-0.3, -0.25) is 4.79 Å². The maximum atomic E-state index is 12.0. The number of carbonyl (C=O) groups is 1. The summed E-state index contributed by atoms with van der Waals surface area (Å²) in [5.74, 6) is 0.417. The highest BCUT2D eigenvalue weighted by molar-refractivity contribution is 6.17. The maximum Gasteiger partial charge on any atom is 0.253 e. The van der Waals surface area contributed by atoms with Gasteiger partial charge in [-0.15, -0.1) is 11.6 Å². The van der Waals surface area contributed by atoms with Crippen LogP contribution >= 0.6 is 11.6 Å². The molecule has 86 valence electrons. The molecule has 1 aromatic rings. The molecule has 0 fully saturated rings. The molecule has 0 aliphatic carbocycles. The molecule has 0 aliphatic rings. The van der Waals surface area contributed by atoms with E-state index in [4.69, 9.17) is 11.6 Å². The zero-order valence-electron chi connectivity index (χ0n) is 9.66. The molecule has 0 saturated heterocycles. The van der Waals surface area contributed by atoms with Crippen LogP contribution < -0.4 is 0 Å². The molecule has 1 rings (SSSR count). The van der Waals surface area contributed by atoms with Crippen LogP contribution in [0.5, 0.6) is 0 Å². The number of amides is 1. The molecular weight excluding hydrogens is 222 g/mol. The first kappa shape index (κ1) is 12.8. The van der Waals surface area contributed by atoms with Crippen LogP contribution in [0.2, 0.25) is 0 Å². The summed E-state index contributed by atoms with van der Waals surface area (Å²) in [4.78, 5) is 13.6. The predicted octanol–water partition coefficient (Wildman–Crippen LogP) is 3.07. The van der Waals surface area contributed by atoms with Gasteiger partial charge in [-0.25, -0.2) is 0 Å². The third kappa shape index (κ3) is 3.38. The molecule has 0 spiro atoms. The fourth-order valence-corrected chi connectivity index (χ4v) is 1.65. The molecule has 1 aromatic carbocycles. The lowest BCUT2D eigenvalue weighted by atomic mass is 10.1. The lowest BCUT2D eigenvalue weighted by Gasteiger charge is -2.17. The number of benzene rings is 1. The van der Waals surface area contributed by atoms with Crippen LogP contribution in [0.1, 0.15) is 22.8 Å². The molecule has 3 heteroatoms. The Morgan fingerprint density at radius 3 is 2.75 bits per heavy atom. The zero-order valence-corrected chi connectivity index (χ0v) is 10.4. The van der Waals surface area contributed by atoms with E-state index in [1.54, 1.807) is 18.0 Å². The van der Waals surface area contributed by atoms with E-state index in [2.05, 4.69) is 6.58 Å². The number of rotatable bonds is 4. The Bertz CT molecular complexity index is 401. The number of hydrogen-bond donors (Lipinski definition) is 0. The molecule has 0 atom stereocenters. The fourth-order valence-electron chi connectivity index (χ4n) is 1.48. The van der Waals surface area contributed by atoms with Gasteiger partial charge in [0.05, 0.1) is 0 Å². The Balaban J connectivity index is 2.83. The van der Waals surface area contributed by atoms with Crippen LogP contribution in [-0.4, -0.2) is 24.4 Å². The molecule has 0 aliphatic heterocycles. The lowest BCUT2D eigenvalue weighted by Crippen LogP contribution is -2.28. The second kappa shape index (κ2) is 5.71. The van der Waals surface area contributed by atoms with Gasteiger partial charge in [-0.05, 0) is 24.6 Å². The monoisotopic (exact) mass is 237 g/mol. The van der Waals surface area contributed by atoms with Gasteiger partial charge in [0.2, 0.25) is 0 Å². The summed E-state index contributed by atoms with van der Waals surface area (Å²) < 4.78 is 0. The van der Waals surface area contributed by atoms with E-state index in [-0.39, 0.29) is 5.91 Å². The van der Waals surface area contributed by atoms with Gasteiger partial charge in [-0.2, -0.15) is 0 Å². The predicted molar refractivity (Wildman–Crippen MR) is 67.8 cm³/mol. The summed E-state index contributed by atoms with van der Waals surface area (Å²) in [5.41, 5.74) is 2.59. The van der Waals surface area contributed by atoms with Gasteiger partial charge in [0, 0.05) is 25.0 Å². The van der Waals surface area contributed by atoms with Crippen LogP contribution in [0.3, 0.4) is 0 Å². The van der Waals surface area contributed by atoms with E-state index < -0.39 is 0 Å². The summed E-state index contributed by atoms with van der Waals surface area (Å²) in [6.45, 7) is 6.26. The first-order valence-electron chi connectivity index (χ1n) is 5.09. The van der Waals surface area contributed by atoms with Gasteiger partial charge in [-0.1, -0.05) is 24.3 Å². The van der Waals surface area contributed by atoms with Crippen LogP contribution in [0.15, 0.2) is 36.4 Å². The number of halogens is 1. The highest BCUT2D eigenvalue weighted by Gasteiger charge is 2.11. The first-order valence-corrected chi connectivity index (χ1v) is 5.62. The van der Waals surface area contributed by atoms with Gasteiger partial charge < -0.3 is 4.90 Å². The topological polar surface area (TPSA) is 20.3 Å². The second-order valence-electron chi connectivity index (χ2n) is 3.95. The van der Waals surface area contributed by atoms with Crippen LogP contribution in [0, 0.1) is 0 Å². The Morgan fingerprint density at radius 1 is 1.50 bits per heavy atom. The van der Waals surface area contributed by atoms with Crippen molar-refractivity contribution >= 4 is 17.5 Å². The van der Waals surface area contributed by atoms with Gasteiger partial charge in [0.25, 0.3) is 5.91 Å². The molecule has 1 amide bonds. The van der Waals surface area contributed by atoms with Crippen LogP contribution in [0.25, 0.3) is 0 Å². The lowest BCUT2D eigenvalue weighted by molar-refractivity contribution is 0.0807. The van der Waals surface area contributed by atoms with Crippen molar-refractivity contribution in [1.29, 1.82) is 0 Å². The summed E-state index contributed by atoms with van der Waals surface area (Å²) in [5, 5.41) is 0. The molecule has 0 aromatic heterocycles. The van der Waals surface area contributed by atoms with Crippen molar-refractivity contribution in [2.75, 3.05) is 13.6 Å².